The van der Waals surface area contributed by atoms with E-state index in [1.54, 1.807) is 12.1 Å². The summed E-state index contributed by atoms with van der Waals surface area (Å²) in [5.41, 5.74) is 0.566. The minimum atomic E-state index is -0.428. The lowest BCUT2D eigenvalue weighted by Gasteiger charge is -1.96. The topological polar surface area (TPSA) is 61.3 Å². The molecule has 5 nitrogen and oxygen atoms in total. The molecule has 1 aromatic heterocycles. The first-order valence-corrected chi connectivity index (χ1v) is 3.90. The number of aromatic nitrogens is 2. The van der Waals surface area contributed by atoms with Gasteiger partial charge >= 0.3 is 5.97 Å². The van der Waals surface area contributed by atoms with Crippen molar-refractivity contribution < 1.29 is 14.3 Å². The molecule has 0 radical (unpaired) electrons. The Kier molecular flexibility index (Phi) is 3.60. The van der Waals surface area contributed by atoms with Crippen molar-refractivity contribution in [2.24, 2.45) is 0 Å². The molecule has 0 aliphatic rings. The summed E-state index contributed by atoms with van der Waals surface area (Å²) in [6, 6.07) is 3.34. The van der Waals surface area contributed by atoms with Crippen LogP contribution in [0, 0.1) is 0 Å². The molecule has 0 aliphatic heterocycles. The average molecular weight is 194 g/mol. The molecular formula is C9H10N2O3. The number of carbonyl (C=O) groups excluding carboxylic acids is 1. The molecule has 0 bridgehead atoms. The molecule has 0 unspecified atom stereocenters. The van der Waals surface area contributed by atoms with Crippen LogP contribution >= 0.6 is 0 Å². The van der Waals surface area contributed by atoms with Crippen molar-refractivity contribution in [2.75, 3.05) is 14.2 Å². The first kappa shape index (κ1) is 10.2. The van der Waals surface area contributed by atoms with E-state index in [0.29, 0.717) is 11.6 Å². The summed E-state index contributed by atoms with van der Waals surface area (Å²) in [6.45, 7) is 0. The lowest BCUT2D eigenvalue weighted by molar-refractivity contribution is -0.134. The van der Waals surface area contributed by atoms with Crippen molar-refractivity contribution in [3.63, 3.8) is 0 Å². The first-order valence-electron chi connectivity index (χ1n) is 3.90. The highest BCUT2D eigenvalue weighted by Gasteiger charge is 1.95. The summed E-state index contributed by atoms with van der Waals surface area (Å²) in [7, 11) is 2.82. The fraction of sp³-hybridized carbons (Fsp3) is 0.222. The van der Waals surface area contributed by atoms with Crippen molar-refractivity contribution in [2.45, 2.75) is 0 Å². The van der Waals surface area contributed by atoms with Crippen LogP contribution in [0.25, 0.3) is 6.08 Å². The van der Waals surface area contributed by atoms with Crippen molar-refractivity contribution in [3.8, 4) is 5.88 Å². The molecule has 0 aromatic carbocycles. The summed E-state index contributed by atoms with van der Waals surface area (Å²) in [5.74, 6) is 0.00263. The quantitative estimate of drug-likeness (QED) is 0.522. The number of ether oxygens (including phenoxy) is 2. The van der Waals surface area contributed by atoms with E-state index >= 15 is 0 Å². The first-order chi connectivity index (χ1) is 6.76. The number of carbonyl (C=O) groups is 1. The zero-order chi connectivity index (χ0) is 10.4. The zero-order valence-electron chi connectivity index (χ0n) is 7.93. The number of methoxy groups -OCH3 is 2. The van der Waals surface area contributed by atoms with Crippen molar-refractivity contribution in [3.05, 3.63) is 23.9 Å². The highest BCUT2D eigenvalue weighted by Crippen LogP contribution is 2.04. The van der Waals surface area contributed by atoms with Gasteiger partial charge in [-0.2, -0.15) is 0 Å². The van der Waals surface area contributed by atoms with Crippen molar-refractivity contribution in [1.29, 1.82) is 0 Å². The normalized spacial score (nSPS) is 10.1. The van der Waals surface area contributed by atoms with Gasteiger partial charge in [-0.3, -0.25) is 0 Å². The second-order valence-corrected chi connectivity index (χ2v) is 2.36. The van der Waals surface area contributed by atoms with Crippen LogP contribution in [0.5, 0.6) is 5.88 Å². The molecule has 1 heterocycles. The van der Waals surface area contributed by atoms with E-state index in [0.717, 1.165) is 0 Å². The molecule has 0 aliphatic carbocycles. The maximum atomic E-state index is 10.7. The van der Waals surface area contributed by atoms with Crippen LogP contribution in [0.1, 0.15) is 5.69 Å². The van der Waals surface area contributed by atoms with Gasteiger partial charge in [0.2, 0.25) is 5.88 Å². The van der Waals surface area contributed by atoms with Crippen LogP contribution in [-0.4, -0.2) is 30.4 Å². The van der Waals surface area contributed by atoms with Crippen LogP contribution in [0.2, 0.25) is 0 Å². The summed E-state index contributed by atoms with van der Waals surface area (Å²) < 4.78 is 9.24. The third-order valence-electron chi connectivity index (χ3n) is 1.46. The third kappa shape index (κ3) is 2.85. The van der Waals surface area contributed by atoms with Crippen LogP contribution in [-0.2, 0) is 9.53 Å². The summed E-state index contributed by atoms with van der Waals surface area (Å²) in [4.78, 5) is 10.7. The molecule has 0 N–H and O–H groups in total. The lowest BCUT2D eigenvalue weighted by atomic mass is 10.3. The number of hydrogen-bond donors (Lipinski definition) is 0. The molecule has 1 aromatic rings. The predicted octanol–water partition coefficient (Wildman–Crippen LogP) is 0.671. The van der Waals surface area contributed by atoms with Crippen LogP contribution in [0.15, 0.2) is 18.2 Å². The number of hydrogen-bond acceptors (Lipinski definition) is 5. The summed E-state index contributed by atoms with van der Waals surface area (Å²) in [6.07, 6.45) is 2.79. The van der Waals surface area contributed by atoms with Crippen LogP contribution < -0.4 is 4.74 Å². The molecular weight excluding hydrogens is 184 g/mol. The van der Waals surface area contributed by atoms with Crippen LogP contribution in [0.3, 0.4) is 0 Å². The van der Waals surface area contributed by atoms with Gasteiger partial charge < -0.3 is 9.47 Å². The van der Waals surface area contributed by atoms with Crippen LogP contribution in [0.4, 0.5) is 0 Å². The molecule has 0 amide bonds. The standard InChI is InChI=1S/C9H10N2O3/c1-13-8-5-3-7(10-11-8)4-6-9(12)14-2/h3-6H,1-2H3/b6-4+. The Labute approximate surface area is 81.4 Å². The Hall–Kier alpha value is -1.91. The molecule has 14 heavy (non-hydrogen) atoms. The average Bonchev–Trinajstić information content (AvgIpc) is 2.26. The molecule has 0 saturated carbocycles. The monoisotopic (exact) mass is 194 g/mol. The summed E-state index contributed by atoms with van der Waals surface area (Å²) in [5, 5.41) is 7.51. The van der Waals surface area contributed by atoms with Gasteiger partial charge in [0.15, 0.2) is 0 Å². The maximum absolute atomic E-state index is 10.7. The smallest absolute Gasteiger partial charge is 0.330 e. The Bertz CT molecular complexity index is 332. The molecule has 1 rings (SSSR count). The molecule has 0 fully saturated rings. The fourth-order valence-electron chi connectivity index (χ4n) is 0.750. The van der Waals surface area contributed by atoms with E-state index < -0.39 is 5.97 Å². The Morgan fingerprint density at radius 2 is 2.14 bits per heavy atom. The van der Waals surface area contributed by atoms with Crippen molar-refractivity contribution >= 4 is 12.0 Å². The summed E-state index contributed by atoms with van der Waals surface area (Å²) >= 11 is 0. The van der Waals surface area contributed by atoms with Gasteiger partial charge in [-0.1, -0.05) is 0 Å². The van der Waals surface area contributed by atoms with Gasteiger partial charge in [-0.05, 0) is 12.1 Å². The minimum absolute atomic E-state index is 0.428. The lowest BCUT2D eigenvalue weighted by Crippen LogP contribution is -1.95. The second-order valence-electron chi connectivity index (χ2n) is 2.36. The van der Waals surface area contributed by atoms with Gasteiger partial charge in [-0.25, -0.2) is 4.79 Å². The molecule has 74 valence electrons. The highest BCUT2D eigenvalue weighted by atomic mass is 16.5. The highest BCUT2D eigenvalue weighted by molar-refractivity contribution is 5.86. The number of nitrogens with zero attached hydrogens (tertiary/aromatic N) is 2. The van der Waals surface area contributed by atoms with E-state index in [4.69, 9.17) is 4.74 Å². The number of rotatable bonds is 3. The van der Waals surface area contributed by atoms with Gasteiger partial charge in [0.1, 0.15) is 0 Å². The van der Waals surface area contributed by atoms with E-state index in [2.05, 4.69) is 14.9 Å². The fourth-order valence-corrected chi connectivity index (χ4v) is 0.750. The van der Waals surface area contributed by atoms with Gasteiger partial charge in [0.05, 0.1) is 19.9 Å². The molecule has 0 saturated heterocycles. The van der Waals surface area contributed by atoms with Gasteiger partial charge in [0.25, 0.3) is 0 Å². The molecule has 5 heteroatoms. The van der Waals surface area contributed by atoms with Gasteiger partial charge in [-0.15, -0.1) is 10.2 Å². The SMILES string of the molecule is COC(=O)/C=C/c1ccc(OC)nn1. The van der Waals surface area contributed by atoms with Gasteiger partial charge in [0, 0.05) is 12.1 Å². The Morgan fingerprint density at radius 3 is 2.64 bits per heavy atom. The largest absolute Gasteiger partial charge is 0.480 e. The maximum Gasteiger partial charge on any atom is 0.330 e. The minimum Gasteiger partial charge on any atom is -0.480 e. The van der Waals surface area contributed by atoms with E-state index in [1.807, 2.05) is 0 Å². The third-order valence-corrected chi connectivity index (χ3v) is 1.46. The van der Waals surface area contributed by atoms with E-state index in [9.17, 15) is 4.79 Å². The Morgan fingerprint density at radius 1 is 1.36 bits per heavy atom. The second kappa shape index (κ2) is 4.96. The van der Waals surface area contributed by atoms with E-state index in [-0.39, 0.29) is 0 Å². The molecule has 0 spiro atoms. The number of esters is 1. The predicted molar refractivity (Wildman–Crippen MR) is 49.6 cm³/mol. The molecule has 0 atom stereocenters. The van der Waals surface area contributed by atoms with E-state index in [1.165, 1.54) is 26.4 Å². The van der Waals surface area contributed by atoms with Crippen molar-refractivity contribution in [1.82, 2.24) is 10.2 Å². The zero-order valence-corrected chi connectivity index (χ0v) is 7.93. The Balaban J connectivity index is 2.68.